The van der Waals surface area contributed by atoms with Gasteiger partial charge < -0.3 is 19.4 Å². The third-order valence-corrected chi connectivity index (χ3v) is 5.61. The first kappa shape index (κ1) is 20.9. The van der Waals surface area contributed by atoms with E-state index in [1.165, 1.54) is 11.8 Å². The third kappa shape index (κ3) is 4.41. The van der Waals surface area contributed by atoms with Crippen LogP contribution < -0.4 is 14.8 Å². The minimum Gasteiger partial charge on any atom is -0.497 e. The van der Waals surface area contributed by atoms with E-state index < -0.39 is 0 Å². The molecule has 2 aromatic heterocycles. The molecule has 0 saturated heterocycles. The molecule has 0 saturated carbocycles. The van der Waals surface area contributed by atoms with E-state index in [0.29, 0.717) is 22.3 Å². The van der Waals surface area contributed by atoms with Crippen molar-refractivity contribution in [3.05, 3.63) is 42.5 Å². The second-order valence-corrected chi connectivity index (χ2v) is 7.82. The quantitative estimate of drug-likeness (QED) is 0.414. The van der Waals surface area contributed by atoms with E-state index in [2.05, 4.69) is 33.1 Å². The molecule has 160 valence electrons. The number of thioether (sulfide) groups is 1. The van der Waals surface area contributed by atoms with Gasteiger partial charge in [-0.25, -0.2) is 4.98 Å². The lowest BCUT2D eigenvalue weighted by molar-refractivity contribution is -0.113. The first-order valence-electron chi connectivity index (χ1n) is 9.90. The molecule has 0 aliphatic heterocycles. The number of aromatic nitrogens is 4. The zero-order valence-electron chi connectivity index (χ0n) is 17.6. The Bertz CT molecular complexity index is 1220. The first-order valence-corrected chi connectivity index (χ1v) is 10.9. The molecule has 0 spiro atoms. The molecule has 0 atom stereocenters. The summed E-state index contributed by atoms with van der Waals surface area (Å²) in [5, 5.41) is 13.0. The highest BCUT2D eigenvalue weighted by molar-refractivity contribution is 7.99. The lowest BCUT2D eigenvalue weighted by Crippen LogP contribution is -2.14. The Hall–Kier alpha value is -3.33. The van der Waals surface area contributed by atoms with E-state index in [1.807, 2.05) is 18.2 Å². The molecule has 2 aromatic carbocycles. The summed E-state index contributed by atoms with van der Waals surface area (Å²) in [6.07, 6.45) is 0.979. The molecule has 0 fully saturated rings. The van der Waals surface area contributed by atoms with Gasteiger partial charge in [0.15, 0.2) is 5.65 Å². The highest BCUT2D eigenvalue weighted by Gasteiger charge is 2.15. The maximum atomic E-state index is 12.5. The van der Waals surface area contributed by atoms with Crippen molar-refractivity contribution in [1.82, 2.24) is 19.7 Å². The maximum absolute atomic E-state index is 12.5. The smallest absolute Gasteiger partial charge is 0.234 e. The van der Waals surface area contributed by atoms with Gasteiger partial charge >= 0.3 is 0 Å². The summed E-state index contributed by atoms with van der Waals surface area (Å²) < 4.78 is 12.6. The fourth-order valence-electron chi connectivity index (χ4n) is 3.41. The number of benzene rings is 2. The van der Waals surface area contributed by atoms with Gasteiger partial charge in [0.05, 0.1) is 25.5 Å². The maximum Gasteiger partial charge on any atom is 0.234 e. The minimum absolute atomic E-state index is 0.153. The number of anilines is 1. The fourth-order valence-corrected chi connectivity index (χ4v) is 3.99. The van der Waals surface area contributed by atoms with Crippen molar-refractivity contribution in [3.8, 4) is 11.5 Å². The Kier molecular flexibility index (Phi) is 6.22. The number of aryl methyl sites for hydroxylation is 1. The average Bonchev–Trinajstić information content (AvgIpc) is 3.11. The molecule has 1 amide bonds. The number of hydrogen-bond acceptors (Lipinski definition) is 7. The van der Waals surface area contributed by atoms with Crippen molar-refractivity contribution in [3.63, 3.8) is 0 Å². The molecule has 0 aliphatic rings. The summed E-state index contributed by atoms with van der Waals surface area (Å²) in [5.41, 5.74) is 3.26. The summed E-state index contributed by atoms with van der Waals surface area (Å²) >= 11 is 1.25. The van der Waals surface area contributed by atoms with Crippen LogP contribution in [-0.2, 0) is 11.3 Å². The number of nitrogens with zero attached hydrogens (tertiary/aromatic N) is 4. The van der Waals surface area contributed by atoms with Gasteiger partial charge in [0.1, 0.15) is 17.0 Å². The Morgan fingerprint density at radius 1 is 1.10 bits per heavy atom. The van der Waals surface area contributed by atoms with Crippen LogP contribution in [0.15, 0.2) is 47.6 Å². The number of methoxy groups -OCH3 is 2. The molecule has 4 rings (SSSR count). The summed E-state index contributed by atoms with van der Waals surface area (Å²) in [6, 6.07) is 13.3. The molecule has 0 aliphatic carbocycles. The van der Waals surface area contributed by atoms with Gasteiger partial charge in [-0.2, -0.15) is 0 Å². The normalized spacial score (nSPS) is 11.1. The Labute approximate surface area is 184 Å². The first-order chi connectivity index (χ1) is 15.1. The van der Waals surface area contributed by atoms with Crippen molar-refractivity contribution in [2.75, 3.05) is 25.3 Å². The Morgan fingerprint density at radius 3 is 2.55 bits per heavy atom. The molecule has 8 nitrogen and oxygen atoms in total. The molecule has 4 aromatic rings. The molecule has 0 unspecified atom stereocenters. The molecular formula is C22H23N5O3S. The van der Waals surface area contributed by atoms with Crippen LogP contribution in [0.5, 0.6) is 11.5 Å². The number of nitrogens with one attached hydrogen (secondary N) is 1. The zero-order valence-corrected chi connectivity index (χ0v) is 18.4. The van der Waals surface area contributed by atoms with Crippen molar-refractivity contribution in [1.29, 1.82) is 0 Å². The van der Waals surface area contributed by atoms with E-state index in [4.69, 9.17) is 14.5 Å². The SMILES string of the molecule is CCCn1c2ccccc2c2nnc(SCC(=O)Nc3cc(OC)cc(OC)c3)nc21. The van der Waals surface area contributed by atoms with E-state index in [-0.39, 0.29) is 11.7 Å². The van der Waals surface area contributed by atoms with Crippen LogP contribution in [0.3, 0.4) is 0 Å². The van der Waals surface area contributed by atoms with Crippen LogP contribution >= 0.6 is 11.8 Å². The lowest BCUT2D eigenvalue weighted by atomic mass is 10.2. The number of para-hydroxylation sites is 1. The monoisotopic (exact) mass is 437 g/mol. The van der Waals surface area contributed by atoms with Crippen LogP contribution in [0, 0.1) is 0 Å². The summed E-state index contributed by atoms with van der Waals surface area (Å²) in [7, 11) is 3.13. The second-order valence-electron chi connectivity index (χ2n) is 6.87. The van der Waals surface area contributed by atoms with Gasteiger partial charge in [0, 0.05) is 35.8 Å². The Morgan fingerprint density at radius 2 is 1.84 bits per heavy atom. The van der Waals surface area contributed by atoms with E-state index in [9.17, 15) is 4.79 Å². The van der Waals surface area contributed by atoms with Gasteiger partial charge in [0.25, 0.3) is 0 Å². The number of hydrogen-bond donors (Lipinski definition) is 1. The van der Waals surface area contributed by atoms with Gasteiger partial charge in [-0.05, 0) is 12.5 Å². The van der Waals surface area contributed by atoms with E-state index >= 15 is 0 Å². The molecular weight excluding hydrogens is 414 g/mol. The van der Waals surface area contributed by atoms with Crippen molar-refractivity contribution in [2.24, 2.45) is 0 Å². The molecule has 31 heavy (non-hydrogen) atoms. The van der Waals surface area contributed by atoms with Crippen LogP contribution in [0.1, 0.15) is 13.3 Å². The van der Waals surface area contributed by atoms with Crippen molar-refractivity contribution >= 4 is 45.4 Å². The molecule has 0 radical (unpaired) electrons. The summed E-state index contributed by atoms with van der Waals surface area (Å²) in [5.74, 6) is 1.17. The molecule has 9 heteroatoms. The van der Waals surface area contributed by atoms with Crippen LogP contribution in [0.2, 0.25) is 0 Å². The largest absolute Gasteiger partial charge is 0.497 e. The number of fused-ring (bicyclic) bond motifs is 3. The number of carbonyl (C=O) groups is 1. The predicted molar refractivity (Wildman–Crippen MR) is 122 cm³/mol. The standard InChI is InChI=1S/C22H23N5O3S/c1-4-9-27-18-8-6-5-7-17(18)20-21(27)24-22(26-25-20)31-13-19(28)23-14-10-15(29-2)12-16(11-14)30-3/h5-8,10-12H,4,9,13H2,1-3H3,(H,23,28). The molecule has 2 heterocycles. The van der Waals surface area contributed by atoms with Crippen molar-refractivity contribution < 1.29 is 14.3 Å². The number of ether oxygens (including phenoxy) is 2. The number of rotatable bonds is 8. The second kappa shape index (κ2) is 9.22. The van der Waals surface area contributed by atoms with E-state index in [0.717, 1.165) is 35.0 Å². The van der Waals surface area contributed by atoms with Crippen LogP contribution in [0.4, 0.5) is 5.69 Å². The molecule has 0 bridgehead atoms. The number of amides is 1. The highest BCUT2D eigenvalue weighted by atomic mass is 32.2. The van der Waals surface area contributed by atoms with Gasteiger partial charge in [-0.15, -0.1) is 10.2 Å². The van der Waals surface area contributed by atoms with Crippen LogP contribution in [-0.4, -0.2) is 45.6 Å². The van der Waals surface area contributed by atoms with Crippen LogP contribution in [0.25, 0.3) is 22.1 Å². The number of carbonyl (C=O) groups excluding carboxylic acids is 1. The molecule has 1 N–H and O–H groups in total. The van der Waals surface area contributed by atoms with Gasteiger partial charge in [-0.1, -0.05) is 36.9 Å². The lowest BCUT2D eigenvalue weighted by Gasteiger charge is -2.09. The zero-order chi connectivity index (χ0) is 21.8. The fraction of sp³-hybridized carbons (Fsp3) is 0.273. The van der Waals surface area contributed by atoms with Gasteiger partial charge in [-0.3, -0.25) is 4.79 Å². The Balaban J connectivity index is 1.52. The third-order valence-electron chi connectivity index (χ3n) is 4.77. The average molecular weight is 438 g/mol. The highest BCUT2D eigenvalue weighted by Crippen LogP contribution is 2.28. The minimum atomic E-state index is -0.182. The van der Waals surface area contributed by atoms with Gasteiger partial charge in [0.2, 0.25) is 11.1 Å². The summed E-state index contributed by atoms with van der Waals surface area (Å²) in [6.45, 7) is 2.97. The topological polar surface area (TPSA) is 91.2 Å². The van der Waals surface area contributed by atoms with E-state index in [1.54, 1.807) is 32.4 Å². The summed E-state index contributed by atoms with van der Waals surface area (Å²) in [4.78, 5) is 17.2. The predicted octanol–water partition coefficient (Wildman–Crippen LogP) is 4.14. The van der Waals surface area contributed by atoms with Crippen molar-refractivity contribution in [2.45, 2.75) is 25.0 Å².